The lowest BCUT2D eigenvalue weighted by Crippen LogP contribution is -2.63. The molecule has 6 aromatic carbocycles. The standard InChI is InChI=1S/C51H40O16/c1-59-37-26-34(27-38-40(37)41(54)44(60-2)42(63-38)33-23-24-35(52)36(53)25-33)62-51-46(67-50(58)32-21-13-6-14-22-32)45(66-49(57)31-19-11-5-12-20-31)43(65-48(56)30-17-9-4-10-18-30)39(64-51)28-61-47(55)29-15-7-3-8-16-29/h3-27,39,43,45-46,51-53H,28H2,1-2H3/t39?,43-,45?,46+,51-/m1/s1. The number of hydrogen-bond donors (Lipinski definition) is 2. The normalized spacial score (nSPS) is 17.7. The van der Waals surface area contributed by atoms with Crippen LogP contribution in [0, 0.1) is 0 Å². The summed E-state index contributed by atoms with van der Waals surface area (Å²) >= 11 is 0. The molecule has 16 nitrogen and oxygen atoms in total. The van der Waals surface area contributed by atoms with Crippen LogP contribution in [0.15, 0.2) is 161 Å². The van der Waals surface area contributed by atoms with E-state index in [1.165, 1.54) is 93.1 Å². The molecule has 16 heteroatoms. The van der Waals surface area contributed by atoms with E-state index in [-0.39, 0.29) is 61.8 Å². The van der Waals surface area contributed by atoms with Gasteiger partial charge in [0.2, 0.25) is 23.6 Å². The zero-order chi connectivity index (χ0) is 47.0. The predicted octanol–water partition coefficient (Wildman–Crippen LogP) is 7.53. The Bertz CT molecular complexity index is 2960. The summed E-state index contributed by atoms with van der Waals surface area (Å²) in [5.41, 5.74) is -0.165. The molecule has 2 N–H and O–H groups in total. The highest BCUT2D eigenvalue weighted by Gasteiger charge is 2.54. The third-order valence-electron chi connectivity index (χ3n) is 10.5. The van der Waals surface area contributed by atoms with Crippen LogP contribution in [-0.2, 0) is 23.7 Å². The van der Waals surface area contributed by atoms with Gasteiger partial charge in [0.1, 0.15) is 35.2 Å². The molecule has 8 rings (SSSR count). The molecular formula is C51H40O16. The summed E-state index contributed by atoms with van der Waals surface area (Å²) in [6.45, 7) is -0.613. The fourth-order valence-electron chi connectivity index (χ4n) is 7.27. The lowest BCUT2D eigenvalue weighted by atomic mass is 9.97. The number of ether oxygens (including phenoxy) is 8. The van der Waals surface area contributed by atoms with Crippen molar-refractivity contribution in [3.8, 4) is 40.1 Å². The van der Waals surface area contributed by atoms with Crippen LogP contribution in [-0.4, -0.2) is 85.6 Å². The lowest BCUT2D eigenvalue weighted by Gasteiger charge is -2.44. The molecule has 0 bridgehead atoms. The third kappa shape index (κ3) is 9.89. The van der Waals surface area contributed by atoms with Crippen molar-refractivity contribution in [1.29, 1.82) is 0 Å². The Morgan fingerprint density at radius 2 is 1.07 bits per heavy atom. The highest BCUT2D eigenvalue weighted by molar-refractivity contribution is 5.92. The van der Waals surface area contributed by atoms with Crippen molar-refractivity contribution in [3.05, 3.63) is 184 Å². The first-order valence-electron chi connectivity index (χ1n) is 20.6. The minimum Gasteiger partial charge on any atom is -0.504 e. The molecule has 0 radical (unpaired) electrons. The van der Waals surface area contributed by atoms with Crippen LogP contribution in [0.3, 0.4) is 0 Å². The van der Waals surface area contributed by atoms with Gasteiger partial charge in [-0.15, -0.1) is 0 Å². The highest BCUT2D eigenvalue weighted by Crippen LogP contribution is 2.40. The van der Waals surface area contributed by atoms with Gasteiger partial charge in [-0.25, -0.2) is 19.2 Å². The SMILES string of the molecule is COc1c(-c2ccc(O)c(O)c2)oc2cc(O[C@@H]3OC(COC(=O)c4ccccc4)[C@@H](OC(=O)c4ccccc4)C(OC(=O)c4ccccc4)[C@@H]3OC(=O)c3ccccc3)cc(OC)c2c1=O. The summed E-state index contributed by atoms with van der Waals surface area (Å²) in [6, 6.07) is 38.1. The van der Waals surface area contributed by atoms with E-state index in [9.17, 15) is 34.2 Å². The number of esters is 4. The van der Waals surface area contributed by atoms with E-state index in [1.807, 2.05) is 0 Å². The minimum atomic E-state index is -1.77. The summed E-state index contributed by atoms with van der Waals surface area (Å²) in [6.07, 6.45) is -8.38. The van der Waals surface area contributed by atoms with Crippen molar-refractivity contribution in [2.75, 3.05) is 20.8 Å². The molecule has 0 amide bonds. The maximum absolute atomic E-state index is 14.1. The molecule has 0 spiro atoms. The smallest absolute Gasteiger partial charge is 0.338 e. The zero-order valence-electron chi connectivity index (χ0n) is 35.6. The molecule has 1 aromatic heterocycles. The molecule has 1 saturated heterocycles. The molecule has 1 aliphatic rings. The van der Waals surface area contributed by atoms with Crippen molar-refractivity contribution < 1.29 is 71.7 Å². The van der Waals surface area contributed by atoms with Gasteiger partial charge in [-0.05, 0) is 66.7 Å². The highest BCUT2D eigenvalue weighted by atomic mass is 16.7. The Labute approximate surface area is 381 Å². The van der Waals surface area contributed by atoms with Gasteiger partial charge in [-0.2, -0.15) is 0 Å². The van der Waals surface area contributed by atoms with Gasteiger partial charge in [0.15, 0.2) is 29.5 Å². The number of phenols is 2. The van der Waals surface area contributed by atoms with Crippen molar-refractivity contribution in [3.63, 3.8) is 0 Å². The number of carbonyl (C=O) groups is 4. The van der Waals surface area contributed by atoms with E-state index in [2.05, 4.69) is 0 Å². The third-order valence-corrected chi connectivity index (χ3v) is 10.5. The summed E-state index contributed by atoms with van der Waals surface area (Å²) in [5.74, 6) is -4.96. The first-order chi connectivity index (χ1) is 32.5. The van der Waals surface area contributed by atoms with Crippen LogP contribution in [0.1, 0.15) is 41.4 Å². The Balaban J connectivity index is 1.26. The number of phenolic OH excluding ortho intramolecular Hbond substituents is 2. The lowest BCUT2D eigenvalue weighted by molar-refractivity contribution is -0.275. The number of benzene rings is 6. The van der Waals surface area contributed by atoms with Crippen molar-refractivity contribution in [2.45, 2.75) is 30.7 Å². The van der Waals surface area contributed by atoms with E-state index < -0.39 is 78.1 Å². The topological polar surface area (TPSA) is 213 Å². The molecule has 5 atom stereocenters. The van der Waals surface area contributed by atoms with Crippen LogP contribution in [0.25, 0.3) is 22.3 Å². The van der Waals surface area contributed by atoms with Crippen molar-refractivity contribution in [2.24, 2.45) is 0 Å². The molecule has 2 heterocycles. The maximum atomic E-state index is 14.1. The molecule has 0 saturated carbocycles. The van der Waals surface area contributed by atoms with Crippen LogP contribution in [0.2, 0.25) is 0 Å². The average molecular weight is 909 g/mol. The quantitative estimate of drug-likeness (QED) is 0.0613. The molecule has 0 aliphatic carbocycles. The van der Waals surface area contributed by atoms with Gasteiger partial charge in [-0.1, -0.05) is 72.8 Å². The fraction of sp³-hybridized carbons (Fsp3) is 0.157. The monoisotopic (exact) mass is 908 g/mol. The van der Waals surface area contributed by atoms with Crippen LogP contribution in [0.4, 0.5) is 0 Å². The van der Waals surface area contributed by atoms with Gasteiger partial charge in [0, 0.05) is 17.7 Å². The molecule has 67 heavy (non-hydrogen) atoms. The number of rotatable bonds is 14. The molecule has 340 valence electrons. The summed E-state index contributed by atoms with van der Waals surface area (Å²) < 4.78 is 54.5. The largest absolute Gasteiger partial charge is 0.504 e. The van der Waals surface area contributed by atoms with E-state index in [0.717, 1.165) is 0 Å². The number of carbonyl (C=O) groups excluding carboxylic acids is 4. The van der Waals surface area contributed by atoms with Crippen LogP contribution < -0.4 is 19.6 Å². The second-order valence-electron chi connectivity index (χ2n) is 14.8. The molecule has 1 aliphatic heterocycles. The second kappa shape index (κ2) is 20.0. The second-order valence-corrected chi connectivity index (χ2v) is 14.8. The predicted molar refractivity (Wildman–Crippen MR) is 237 cm³/mol. The van der Waals surface area contributed by atoms with Crippen molar-refractivity contribution >= 4 is 34.8 Å². The zero-order valence-corrected chi connectivity index (χ0v) is 35.6. The van der Waals surface area contributed by atoms with E-state index in [0.29, 0.717) is 0 Å². The molecular weight excluding hydrogens is 869 g/mol. The van der Waals surface area contributed by atoms with Gasteiger partial charge in [-0.3, -0.25) is 4.79 Å². The molecule has 1 fully saturated rings. The van der Waals surface area contributed by atoms with Crippen LogP contribution in [0.5, 0.6) is 28.7 Å². The number of fused-ring (bicyclic) bond motifs is 1. The van der Waals surface area contributed by atoms with Gasteiger partial charge in [0.25, 0.3) is 0 Å². The Hall–Kier alpha value is -8.63. The fourth-order valence-corrected chi connectivity index (χ4v) is 7.27. The molecule has 2 unspecified atom stereocenters. The van der Waals surface area contributed by atoms with E-state index >= 15 is 0 Å². The molecule has 7 aromatic rings. The first kappa shape index (κ1) is 45.0. The number of aromatic hydroxyl groups is 2. The minimum absolute atomic E-state index is 0.0663. The Morgan fingerprint density at radius 1 is 0.567 bits per heavy atom. The number of hydrogen-bond acceptors (Lipinski definition) is 16. The van der Waals surface area contributed by atoms with E-state index in [4.69, 9.17) is 42.3 Å². The number of methoxy groups -OCH3 is 2. The summed E-state index contributed by atoms with van der Waals surface area (Å²) in [5, 5.41) is 20.2. The maximum Gasteiger partial charge on any atom is 0.338 e. The van der Waals surface area contributed by atoms with Crippen LogP contribution >= 0.6 is 0 Å². The summed E-state index contributed by atoms with van der Waals surface area (Å²) in [4.78, 5) is 69.5. The van der Waals surface area contributed by atoms with Crippen molar-refractivity contribution in [1.82, 2.24) is 0 Å². The Morgan fingerprint density at radius 3 is 1.58 bits per heavy atom. The first-order valence-corrected chi connectivity index (χ1v) is 20.6. The Kier molecular flexibility index (Phi) is 13.4. The van der Waals surface area contributed by atoms with Gasteiger partial charge >= 0.3 is 23.9 Å². The van der Waals surface area contributed by atoms with Gasteiger partial charge < -0.3 is 52.5 Å². The average Bonchev–Trinajstić information content (AvgIpc) is 3.36. The van der Waals surface area contributed by atoms with E-state index in [1.54, 1.807) is 72.8 Å². The van der Waals surface area contributed by atoms with Gasteiger partial charge in [0.05, 0.1) is 36.5 Å². The summed E-state index contributed by atoms with van der Waals surface area (Å²) in [7, 11) is 2.54.